The van der Waals surface area contributed by atoms with Gasteiger partial charge in [0.2, 0.25) is 0 Å². The predicted molar refractivity (Wildman–Crippen MR) is 77.0 cm³/mol. The van der Waals surface area contributed by atoms with E-state index in [1.165, 1.54) is 0 Å². The summed E-state index contributed by atoms with van der Waals surface area (Å²) in [7, 11) is 1.72. The molecule has 1 N–H and O–H groups in total. The molecule has 5 nitrogen and oxygen atoms in total. The molecule has 106 valence electrons. The summed E-state index contributed by atoms with van der Waals surface area (Å²) in [5.41, 5.74) is 3.63. The zero-order chi connectivity index (χ0) is 15.1. The van der Waals surface area contributed by atoms with Gasteiger partial charge in [-0.15, -0.1) is 0 Å². The van der Waals surface area contributed by atoms with Crippen LogP contribution in [0, 0.1) is 18.3 Å². The molecule has 1 heterocycles. The second-order valence-electron chi connectivity index (χ2n) is 5.43. The summed E-state index contributed by atoms with van der Waals surface area (Å²) in [6.45, 7) is 1.68. The number of carboxylic acid groups (broad SMARTS) is 1. The molecule has 0 aliphatic heterocycles. The van der Waals surface area contributed by atoms with Crippen LogP contribution in [0.2, 0.25) is 0 Å². The lowest BCUT2D eigenvalue weighted by Gasteiger charge is -2.08. The third-order valence-corrected chi connectivity index (χ3v) is 3.90. The molecule has 1 aromatic carbocycles. The molecule has 3 rings (SSSR count). The van der Waals surface area contributed by atoms with Gasteiger partial charge in [-0.3, -0.25) is 4.68 Å². The summed E-state index contributed by atoms with van der Waals surface area (Å²) in [6, 6.07) is 7.83. The number of aromatic carboxylic acids is 1. The summed E-state index contributed by atoms with van der Waals surface area (Å²) in [5, 5.41) is 22.9. The normalized spacial score (nSPS) is 14.0. The number of aryl methyl sites for hydroxylation is 2. The number of nitrogens with zero attached hydrogens (tertiary/aromatic N) is 3. The van der Waals surface area contributed by atoms with Gasteiger partial charge in [-0.05, 0) is 37.3 Å². The van der Waals surface area contributed by atoms with Crippen molar-refractivity contribution in [3.8, 4) is 17.3 Å². The number of aromatic nitrogens is 2. The highest BCUT2D eigenvalue weighted by Gasteiger charge is 2.27. The van der Waals surface area contributed by atoms with Gasteiger partial charge in [0.15, 0.2) is 0 Å². The van der Waals surface area contributed by atoms with Crippen LogP contribution in [0.5, 0.6) is 0 Å². The quantitative estimate of drug-likeness (QED) is 0.938. The van der Waals surface area contributed by atoms with Crippen molar-refractivity contribution in [1.29, 1.82) is 5.26 Å². The first-order valence-corrected chi connectivity index (χ1v) is 6.84. The Bertz CT molecular complexity index is 780. The van der Waals surface area contributed by atoms with Crippen LogP contribution >= 0.6 is 0 Å². The maximum absolute atomic E-state index is 11.5. The molecule has 1 aliphatic rings. The Balaban J connectivity index is 2.18. The third kappa shape index (κ3) is 2.19. The highest BCUT2D eigenvalue weighted by molar-refractivity contribution is 5.96. The molecular formula is C16H15N3O2. The zero-order valence-corrected chi connectivity index (χ0v) is 11.9. The summed E-state index contributed by atoms with van der Waals surface area (Å²) < 4.78 is 1.56. The topological polar surface area (TPSA) is 78.9 Å². The summed E-state index contributed by atoms with van der Waals surface area (Å²) in [4.78, 5) is 11.5. The molecule has 0 spiro atoms. The number of hydrogen-bond acceptors (Lipinski definition) is 3. The molecule has 0 unspecified atom stereocenters. The van der Waals surface area contributed by atoms with Crippen LogP contribution in [0.25, 0.3) is 11.3 Å². The smallest absolute Gasteiger partial charge is 0.339 e. The van der Waals surface area contributed by atoms with Gasteiger partial charge in [-0.2, -0.15) is 10.4 Å². The van der Waals surface area contributed by atoms with Crippen LogP contribution in [0.3, 0.4) is 0 Å². The molecule has 0 amide bonds. The van der Waals surface area contributed by atoms with Gasteiger partial charge in [0.1, 0.15) is 5.56 Å². The van der Waals surface area contributed by atoms with Crippen LogP contribution < -0.4 is 0 Å². The van der Waals surface area contributed by atoms with Gasteiger partial charge in [0.05, 0.1) is 23.0 Å². The fourth-order valence-corrected chi connectivity index (χ4v) is 2.80. The Kier molecular flexibility index (Phi) is 3.02. The number of carbonyl (C=O) groups is 1. The van der Waals surface area contributed by atoms with E-state index in [9.17, 15) is 15.2 Å². The first-order valence-electron chi connectivity index (χ1n) is 6.84. The minimum absolute atomic E-state index is 0.195. The summed E-state index contributed by atoms with van der Waals surface area (Å²) >= 11 is 0. The summed E-state index contributed by atoms with van der Waals surface area (Å²) in [5.74, 6) is -0.513. The minimum atomic E-state index is -1.000. The molecule has 1 aromatic heterocycles. The molecule has 1 aliphatic carbocycles. The third-order valence-electron chi connectivity index (χ3n) is 3.90. The number of rotatable bonds is 3. The first kappa shape index (κ1) is 13.4. The number of carboxylic acids is 1. The number of hydrogen-bond donors (Lipinski definition) is 1. The van der Waals surface area contributed by atoms with Crippen molar-refractivity contribution in [1.82, 2.24) is 9.78 Å². The van der Waals surface area contributed by atoms with Crippen LogP contribution in [-0.2, 0) is 7.05 Å². The molecular weight excluding hydrogens is 266 g/mol. The van der Waals surface area contributed by atoms with E-state index in [0.717, 1.165) is 24.0 Å². The van der Waals surface area contributed by atoms with Crippen molar-refractivity contribution in [3.63, 3.8) is 0 Å². The van der Waals surface area contributed by atoms with E-state index in [2.05, 4.69) is 11.2 Å². The molecule has 5 heteroatoms. The molecule has 21 heavy (non-hydrogen) atoms. The lowest BCUT2D eigenvalue weighted by molar-refractivity contribution is 0.0697. The van der Waals surface area contributed by atoms with Crippen molar-refractivity contribution < 1.29 is 9.90 Å². The SMILES string of the molecule is Cc1nn(C)c(-c2ccc(C3CC3)c(C#N)c2)c1C(=O)O. The fraction of sp³-hybridized carbons (Fsp3) is 0.312. The van der Waals surface area contributed by atoms with Crippen molar-refractivity contribution in [3.05, 3.63) is 40.6 Å². The monoisotopic (exact) mass is 281 g/mol. The van der Waals surface area contributed by atoms with Crippen molar-refractivity contribution in [2.24, 2.45) is 7.05 Å². The summed E-state index contributed by atoms with van der Waals surface area (Å²) in [6.07, 6.45) is 2.25. The second-order valence-corrected chi connectivity index (χ2v) is 5.43. The van der Waals surface area contributed by atoms with Gasteiger partial charge < -0.3 is 5.11 Å². The van der Waals surface area contributed by atoms with Gasteiger partial charge >= 0.3 is 5.97 Å². The van der Waals surface area contributed by atoms with Gasteiger partial charge in [0.25, 0.3) is 0 Å². The molecule has 1 saturated carbocycles. The van der Waals surface area contributed by atoms with E-state index in [4.69, 9.17) is 0 Å². The van der Waals surface area contributed by atoms with Gasteiger partial charge in [0, 0.05) is 12.6 Å². The van der Waals surface area contributed by atoms with Gasteiger partial charge in [-0.25, -0.2) is 4.79 Å². The van der Waals surface area contributed by atoms with E-state index in [0.29, 0.717) is 22.9 Å². The Labute approximate surface area is 122 Å². The maximum atomic E-state index is 11.5. The Morgan fingerprint density at radius 2 is 2.19 bits per heavy atom. The standard InChI is InChI=1S/C16H15N3O2/c1-9-14(16(20)21)15(19(2)18-9)11-5-6-13(10-3-4-10)12(7-11)8-17/h5-7,10H,3-4H2,1-2H3,(H,20,21). The fourth-order valence-electron chi connectivity index (χ4n) is 2.80. The second kappa shape index (κ2) is 4.74. The lowest BCUT2D eigenvalue weighted by Crippen LogP contribution is -2.02. The zero-order valence-electron chi connectivity index (χ0n) is 11.9. The van der Waals surface area contributed by atoms with Crippen LogP contribution in [-0.4, -0.2) is 20.9 Å². The van der Waals surface area contributed by atoms with Crippen molar-refractivity contribution in [2.45, 2.75) is 25.7 Å². The predicted octanol–water partition coefficient (Wildman–Crippen LogP) is 2.84. The average Bonchev–Trinajstić information content (AvgIpc) is 3.23. The molecule has 0 radical (unpaired) electrons. The van der Waals surface area contributed by atoms with Crippen molar-refractivity contribution >= 4 is 5.97 Å². The van der Waals surface area contributed by atoms with E-state index < -0.39 is 5.97 Å². The van der Waals surface area contributed by atoms with Crippen molar-refractivity contribution in [2.75, 3.05) is 0 Å². The number of nitriles is 1. The number of benzene rings is 1. The largest absolute Gasteiger partial charge is 0.478 e. The highest BCUT2D eigenvalue weighted by atomic mass is 16.4. The average molecular weight is 281 g/mol. The molecule has 1 fully saturated rings. The minimum Gasteiger partial charge on any atom is -0.478 e. The van der Waals surface area contributed by atoms with E-state index in [-0.39, 0.29) is 5.56 Å². The van der Waals surface area contributed by atoms with Gasteiger partial charge in [-0.1, -0.05) is 12.1 Å². The van der Waals surface area contributed by atoms with E-state index in [1.807, 2.05) is 12.1 Å². The molecule has 0 atom stereocenters. The first-order chi connectivity index (χ1) is 10.0. The lowest BCUT2D eigenvalue weighted by atomic mass is 9.98. The maximum Gasteiger partial charge on any atom is 0.339 e. The van der Waals surface area contributed by atoms with E-state index in [1.54, 1.807) is 24.7 Å². The van der Waals surface area contributed by atoms with E-state index >= 15 is 0 Å². The Hall–Kier alpha value is -2.61. The Morgan fingerprint density at radius 1 is 1.48 bits per heavy atom. The Morgan fingerprint density at radius 3 is 2.76 bits per heavy atom. The molecule has 2 aromatic rings. The van der Waals surface area contributed by atoms with Crippen LogP contribution in [0.4, 0.5) is 0 Å². The molecule has 0 bridgehead atoms. The van der Waals surface area contributed by atoms with Crippen LogP contribution in [0.15, 0.2) is 18.2 Å². The molecule has 0 saturated heterocycles. The van der Waals surface area contributed by atoms with Crippen LogP contribution in [0.1, 0.15) is 45.9 Å². The highest BCUT2D eigenvalue weighted by Crippen LogP contribution is 2.42.